The maximum Gasteiger partial charge on any atom is 0.341 e. The normalized spacial score (nSPS) is 10.4. The van der Waals surface area contributed by atoms with Gasteiger partial charge in [-0.25, -0.2) is 9.18 Å². The average molecular weight is 220 g/mol. The molecule has 0 bridgehead atoms. The number of fused-ring (bicyclic) bond motifs is 1. The molecule has 2 aromatic carbocycles. The molecule has 0 saturated carbocycles. The Balaban J connectivity index is 2.67. The maximum atomic E-state index is 12.9. The number of methoxy groups -OCH3 is 1. The van der Waals surface area contributed by atoms with Crippen LogP contribution in [0.5, 0.6) is 5.75 Å². The molecule has 0 fully saturated rings. The van der Waals surface area contributed by atoms with E-state index in [1.807, 2.05) is 0 Å². The van der Waals surface area contributed by atoms with Crippen molar-refractivity contribution in [1.29, 1.82) is 0 Å². The third kappa shape index (κ3) is 1.69. The van der Waals surface area contributed by atoms with Crippen LogP contribution < -0.4 is 0 Å². The first kappa shape index (κ1) is 10.4. The van der Waals surface area contributed by atoms with Crippen LogP contribution in [0.15, 0.2) is 30.3 Å². The number of rotatable bonds is 1. The van der Waals surface area contributed by atoms with E-state index in [0.29, 0.717) is 10.8 Å². The summed E-state index contributed by atoms with van der Waals surface area (Å²) >= 11 is 0. The molecule has 0 amide bonds. The first-order chi connectivity index (χ1) is 7.61. The molecule has 0 aliphatic heterocycles. The third-order valence-corrected chi connectivity index (χ3v) is 2.32. The summed E-state index contributed by atoms with van der Waals surface area (Å²) in [4.78, 5) is 11.3. The molecule has 82 valence electrons. The number of hydrogen-bond acceptors (Lipinski definition) is 3. The summed E-state index contributed by atoms with van der Waals surface area (Å²) in [5.41, 5.74) is 0.0709. The van der Waals surface area contributed by atoms with E-state index in [4.69, 9.17) is 0 Å². The van der Waals surface area contributed by atoms with E-state index in [0.717, 1.165) is 0 Å². The van der Waals surface area contributed by atoms with Crippen molar-refractivity contribution in [3.63, 3.8) is 0 Å². The van der Waals surface area contributed by atoms with E-state index in [1.54, 1.807) is 0 Å². The van der Waals surface area contributed by atoms with Crippen molar-refractivity contribution < 1.29 is 19.0 Å². The molecule has 0 aliphatic rings. The van der Waals surface area contributed by atoms with Gasteiger partial charge in [0.25, 0.3) is 0 Å². The van der Waals surface area contributed by atoms with Gasteiger partial charge in [0.05, 0.1) is 7.11 Å². The van der Waals surface area contributed by atoms with Gasteiger partial charge in [-0.1, -0.05) is 6.07 Å². The minimum atomic E-state index is -0.622. The molecule has 1 N–H and O–H groups in total. The van der Waals surface area contributed by atoms with Crippen molar-refractivity contribution >= 4 is 16.7 Å². The number of esters is 1. The van der Waals surface area contributed by atoms with Gasteiger partial charge in [-0.2, -0.15) is 0 Å². The van der Waals surface area contributed by atoms with E-state index >= 15 is 0 Å². The third-order valence-electron chi connectivity index (χ3n) is 2.32. The minimum absolute atomic E-state index is 0.0709. The van der Waals surface area contributed by atoms with Gasteiger partial charge in [0, 0.05) is 0 Å². The molecule has 0 unspecified atom stereocenters. The van der Waals surface area contributed by atoms with Crippen molar-refractivity contribution in [3.8, 4) is 5.75 Å². The topological polar surface area (TPSA) is 46.5 Å². The minimum Gasteiger partial charge on any atom is -0.507 e. The van der Waals surface area contributed by atoms with Crippen molar-refractivity contribution in [2.75, 3.05) is 7.11 Å². The molecule has 2 aromatic rings. The molecule has 2 rings (SSSR count). The van der Waals surface area contributed by atoms with Crippen molar-refractivity contribution in [1.82, 2.24) is 0 Å². The lowest BCUT2D eigenvalue weighted by atomic mass is 10.1. The Bertz CT molecular complexity index is 563. The van der Waals surface area contributed by atoms with Gasteiger partial charge in [-0.15, -0.1) is 0 Å². The van der Waals surface area contributed by atoms with Crippen LogP contribution in [-0.2, 0) is 4.74 Å². The number of ether oxygens (including phenoxy) is 1. The van der Waals surface area contributed by atoms with Gasteiger partial charge in [-0.05, 0) is 35.0 Å². The van der Waals surface area contributed by atoms with E-state index in [-0.39, 0.29) is 11.3 Å². The number of benzene rings is 2. The Morgan fingerprint density at radius 2 is 2.00 bits per heavy atom. The van der Waals surface area contributed by atoms with Gasteiger partial charge in [0.15, 0.2) is 0 Å². The summed E-state index contributed by atoms with van der Waals surface area (Å²) in [7, 11) is 1.23. The van der Waals surface area contributed by atoms with Crippen molar-refractivity contribution in [2.24, 2.45) is 0 Å². The monoisotopic (exact) mass is 220 g/mol. The van der Waals surface area contributed by atoms with Crippen molar-refractivity contribution in [2.45, 2.75) is 0 Å². The molecular formula is C12H9FO3. The van der Waals surface area contributed by atoms with E-state index < -0.39 is 11.8 Å². The largest absolute Gasteiger partial charge is 0.507 e. The van der Waals surface area contributed by atoms with Gasteiger partial charge in [0.2, 0.25) is 0 Å². The fourth-order valence-corrected chi connectivity index (χ4v) is 1.53. The smallest absolute Gasteiger partial charge is 0.341 e. The molecule has 0 atom stereocenters. The lowest BCUT2D eigenvalue weighted by molar-refractivity contribution is 0.0597. The van der Waals surface area contributed by atoms with E-state index in [9.17, 15) is 14.3 Å². The molecule has 0 aliphatic carbocycles. The van der Waals surface area contributed by atoms with Crippen LogP contribution >= 0.6 is 0 Å². The fraction of sp³-hybridized carbons (Fsp3) is 0.0833. The molecule has 4 heteroatoms. The molecule has 0 saturated heterocycles. The van der Waals surface area contributed by atoms with E-state index in [1.165, 1.54) is 37.4 Å². The second-order valence-corrected chi connectivity index (χ2v) is 3.35. The van der Waals surface area contributed by atoms with Crippen LogP contribution in [0.25, 0.3) is 10.8 Å². The van der Waals surface area contributed by atoms with Crippen molar-refractivity contribution in [3.05, 3.63) is 41.7 Å². The SMILES string of the molecule is COC(=O)c1cc2ccc(F)cc2cc1O. The van der Waals surface area contributed by atoms with Gasteiger partial charge in [-0.3, -0.25) is 0 Å². The summed E-state index contributed by atoms with van der Waals surface area (Å²) in [5, 5.41) is 10.8. The highest BCUT2D eigenvalue weighted by Gasteiger charge is 2.12. The van der Waals surface area contributed by atoms with Crippen LogP contribution in [0.2, 0.25) is 0 Å². The second kappa shape index (κ2) is 3.81. The predicted octanol–water partition coefficient (Wildman–Crippen LogP) is 2.47. The zero-order valence-corrected chi connectivity index (χ0v) is 8.53. The molecule has 3 nitrogen and oxygen atoms in total. The van der Waals surface area contributed by atoms with E-state index in [2.05, 4.69) is 4.74 Å². The van der Waals surface area contributed by atoms with Crippen LogP contribution in [0.1, 0.15) is 10.4 Å². The highest BCUT2D eigenvalue weighted by molar-refractivity contribution is 5.98. The second-order valence-electron chi connectivity index (χ2n) is 3.35. The standard InChI is InChI=1S/C12H9FO3/c1-16-12(15)10-5-7-2-3-9(13)4-8(7)6-11(10)14/h2-6,14H,1H3. The van der Waals surface area contributed by atoms with Gasteiger partial charge in [0.1, 0.15) is 17.1 Å². The molecule has 0 radical (unpaired) electrons. The Labute approximate surface area is 91.1 Å². The van der Waals surface area contributed by atoms with Crippen LogP contribution in [0.4, 0.5) is 4.39 Å². The molecular weight excluding hydrogens is 211 g/mol. The summed E-state index contributed by atoms with van der Waals surface area (Å²) in [6.07, 6.45) is 0. The van der Waals surface area contributed by atoms with Crippen LogP contribution in [0.3, 0.4) is 0 Å². The predicted molar refractivity (Wildman–Crippen MR) is 56.9 cm³/mol. The molecule has 0 aromatic heterocycles. The molecule has 16 heavy (non-hydrogen) atoms. The van der Waals surface area contributed by atoms with Gasteiger partial charge < -0.3 is 9.84 Å². The van der Waals surface area contributed by atoms with Gasteiger partial charge >= 0.3 is 5.97 Å². The number of halogens is 1. The summed E-state index contributed by atoms with van der Waals surface area (Å²) in [6, 6.07) is 6.92. The molecule has 0 spiro atoms. The van der Waals surface area contributed by atoms with Crippen LogP contribution in [-0.4, -0.2) is 18.2 Å². The number of phenolic OH excluding ortho intramolecular Hbond substituents is 1. The van der Waals surface area contributed by atoms with Crippen LogP contribution in [0, 0.1) is 5.82 Å². The number of carbonyl (C=O) groups excluding carboxylic acids is 1. The Morgan fingerprint density at radius 1 is 1.25 bits per heavy atom. The number of aromatic hydroxyl groups is 1. The number of carbonyl (C=O) groups is 1. The summed E-state index contributed by atoms with van der Waals surface area (Å²) < 4.78 is 17.4. The summed E-state index contributed by atoms with van der Waals surface area (Å²) in [5.74, 6) is -1.23. The zero-order valence-electron chi connectivity index (χ0n) is 8.53. The average Bonchev–Trinajstić information content (AvgIpc) is 2.27. The highest BCUT2D eigenvalue weighted by Crippen LogP contribution is 2.26. The quantitative estimate of drug-likeness (QED) is 0.751. The lowest BCUT2D eigenvalue weighted by Crippen LogP contribution is -2.01. The number of hydrogen-bond donors (Lipinski definition) is 1. The zero-order chi connectivity index (χ0) is 11.7. The highest BCUT2D eigenvalue weighted by atomic mass is 19.1. The number of phenols is 1. The molecule has 0 heterocycles. The Kier molecular flexibility index (Phi) is 2.48. The first-order valence-corrected chi connectivity index (χ1v) is 4.62. The fourth-order valence-electron chi connectivity index (χ4n) is 1.53. The maximum absolute atomic E-state index is 12.9. The first-order valence-electron chi connectivity index (χ1n) is 4.62. The Morgan fingerprint density at radius 3 is 2.69 bits per heavy atom. The Hall–Kier alpha value is -2.10. The lowest BCUT2D eigenvalue weighted by Gasteiger charge is -2.05. The summed E-state index contributed by atoms with van der Waals surface area (Å²) in [6.45, 7) is 0.